The van der Waals surface area contributed by atoms with Crippen molar-refractivity contribution in [2.75, 3.05) is 6.61 Å². The lowest BCUT2D eigenvalue weighted by Gasteiger charge is -2.15. The first kappa shape index (κ1) is 50.7. The topological polar surface area (TPSA) is 91.4 Å². The number of aromatic amines is 1. The van der Waals surface area contributed by atoms with E-state index in [1.807, 2.05) is 85.0 Å². The Morgan fingerprint density at radius 1 is 0.587 bits per heavy atom. The van der Waals surface area contributed by atoms with Crippen LogP contribution in [0.25, 0.3) is 33.4 Å². The Kier molecular flexibility index (Phi) is 19.5. The first-order valence-electron chi connectivity index (χ1n) is 19.0. The molecular formula is C44H41BrCl8N8OSi. The van der Waals surface area contributed by atoms with Gasteiger partial charge in [-0.15, -0.1) is 0 Å². The van der Waals surface area contributed by atoms with E-state index in [0.717, 1.165) is 56.2 Å². The molecule has 9 nitrogen and oxygen atoms in total. The average Bonchev–Trinajstić information content (AvgIpc) is 4.09. The van der Waals surface area contributed by atoms with Gasteiger partial charge < -0.3 is 4.74 Å². The molecular weight excluding hydrogens is 1050 g/mol. The van der Waals surface area contributed by atoms with Crippen molar-refractivity contribution in [1.29, 1.82) is 0 Å². The van der Waals surface area contributed by atoms with Gasteiger partial charge in [0.2, 0.25) is 0 Å². The Bertz CT molecular complexity index is 2700. The molecule has 4 aromatic heterocycles. The predicted molar refractivity (Wildman–Crippen MR) is 270 cm³/mol. The van der Waals surface area contributed by atoms with E-state index >= 15 is 0 Å². The van der Waals surface area contributed by atoms with Gasteiger partial charge >= 0.3 is 0 Å². The van der Waals surface area contributed by atoms with Crippen LogP contribution in [-0.2, 0) is 25.1 Å². The van der Waals surface area contributed by atoms with E-state index in [-0.39, 0.29) is 0 Å². The van der Waals surface area contributed by atoms with E-state index < -0.39 is 8.07 Å². The highest BCUT2D eigenvalue weighted by molar-refractivity contribution is 9.10. The molecule has 0 amide bonds. The molecule has 8 aromatic rings. The molecule has 63 heavy (non-hydrogen) atoms. The van der Waals surface area contributed by atoms with Crippen LogP contribution in [0.15, 0.2) is 127 Å². The van der Waals surface area contributed by atoms with Crippen molar-refractivity contribution in [2.24, 2.45) is 7.05 Å². The summed E-state index contributed by atoms with van der Waals surface area (Å²) in [6.07, 6.45) is 13.0. The second kappa shape index (κ2) is 24.3. The van der Waals surface area contributed by atoms with Gasteiger partial charge in [0.05, 0.1) is 71.0 Å². The first-order valence-corrected chi connectivity index (χ1v) is 26.5. The summed E-state index contributed by atoms with van der Waals surface area (Å²) < 4.78 is 12.0. The van der Waals surface area contributed by atoms with Gasteiger partial charge in [0.25, 0.3) is 0 Å². The van der Waals surface area contributed by atoms with Crippen LogP contribution >= 0.6 is 109 Å². The maximum absolute atomic E-state index is 6.04. The number of ether oxygens (including phenoxy) is 1. The van der Waals surface area contributed by atoms with E-state index in [2.05, 4.69) is 61.1 Å². The van der Waals surface area contributed by atoms with Crippen LogP contribution in [0.3, 0.4) is 0 Å². The molecule has 330 valence electrons. The molecule has 0 saturated carbocycles. The Balaban J connectivity index is 0.000000166. The second-order valence-electron chi connectivity index (χ2n) is 15.0. The van der Waals surface area contributed by atoms with E-state index in [0.29, 0.717) is 53.5 Å². The summed E-state index contributed by atoms with van der Waals surface area (Å²) in [5.74, 6) is 0. The summed E-state index contributed by atoms with van der Waals surface area (Å²) in [4.78, 5) is 0. The lowest BCUT2D eigenvalue weighted by atomic mass is 10.1. The zero-order valence-electron chi connectivity index (χ0n) is 34.3. The molecule has 0 bridgehead atoms. The molecule has 0 fully saturated rings. The zero-order chi connectivity index (χ0) is 45.7. The van der Waals surface area contributed by atoms with Crippen LogP contribution in [0, 0.1) is 0 Å². The SMILES string of the molecule is C[Si](C)(C)CCOCn1cc(-c2ccc(Cl)c(Cl)c2)cn1.Clc1ccc(-c2cn[nH]c2)cc1Cl.Clc1ccc(Br)cc1Cl.Cn1ccc(Cn2cc(-c3ccc(Cl)c(Cl)c3)cn2)n1. The maximum Gasteiger partial charge on any atom is 0.139 e. The van der Waals surface area contributed by atoms with Gasteiger partial charge in [-0.25, -0.2) is 4.68 Å². The third-order valence-electron chi connectivity index (χ3n) is 8.72. The number of rotatable bonds is 10. The Morgan fingerprint density at radius 3 is 1.52 bits per heavy atom. The van der Waals surface area contributed by atoms with Gasteiger partial charge in [0.1, 0.15) is 6.73 Å². The van der Waals surface area contributed by atoms with E-state index in [4.69, 9.17) is 97.5 Å². The smallest absolute Gasteiger partial charge is 0.139 e. The molecule has 0 atom stereocenters. The summed E-state index contributed by atoms with van der Waals surface area (Å²) in [6, 6.07) is 25.1. The van der Waals surface area contributed by atoms with Gasteiger partial charge in [-0.05, 0) is 83.4 Å². The minimum absolute atomic E-state index is 0.478. The average molecular weight is 1090 g/mol. The summed E-state index contributed by atoms with van der Waals surface area (Å²) in [5, 5.41) is 24.0. The van der Waals surface area contributed by atoms with Gasteiger partial charge in [0.15, 0.2) is 0 Å². The highest BCUT2D eigenvalue weighted by Gasteiger charge is 2.12. The van der Waals surface area contributed by atoms with Crippen LogP contribution in [0.1, 0.15) is 5.69 Å². The van der Waals surface area contributed by atoms with E-state index in [9.17, 15) is 0 Å². The standard InChI is InChI=1S/C15H20Cl2N2OSi.C14H12Cl2N4.C9H6Cl2N2.C6H3BrCl2/c1-21(2,3)7-6-20-11-19-10-13(9-18-19)12-4-5-14(16)15(17)8-12;1-19-5-4-12(18-19)9-20-8-11(7-17-20)10-2-3-13(15)14(16)6-10;10-8-2-1-6(3-9(8)11)7-4-12-13-5-7;7-4-1-2-5(8)6(9)3-4/h4-5,8-10H,6-7,11H2,1-3H3;2-8H,9H2,1H3;1-5H,(H,12,13);1-3H. The fourth-order valence-corrected chi connectivity index (χ4v) is 7.78. The third-order valence-corrected chi connectivity index (χ3v) is 13.9. The summed E-state index contributed by atoms with van der Waals surface area (Å²) >= 11 is 50.1. The normalized spacial score (nSPS) is 10.9. The summed E-state index contributed by atoms with van der Waals surface area (Å²) in [7, 11) is 0.860. The van der Waals surface area contributed by atoms with Crippen molar-refractivity contribution in [2.45, 2.75) is 39.0 Å². The highest BCUT2D eigenvalue weighted by atomic mass is 79.9. The largest absolute Gasteiger partial charge is 0.360 e. The monoisotopic (exact) mass is 1080 g/mol. The molecule has 19 heteroatoms. The first-order chi connectivity index (χ1) is 29.9. The fraction of sp³-hybridized carbons (Fsp3) is 0.182. The number of aryl methyl sites for hydroxylation is 1. The van der Waals surface area contributed by atoms with E-state index in [1.54, 1.807) is 58.3 Å². The minimum Gasteiger partial charge on any atom is -0.360 e. The quantitative estimate of drug-likeness (QED) is 0.0837. The van der Waals surface area contributed by atoms with Gasteiger partial charge in [-0.3, -0.25) is 14.5 Å². The van der Waals surface area contributed by atoms with Gasteiger partial charge in [0, 0.05) is 67.7 Å². The van der Waals surface area contributed by atoms with Gasteiger partial charge in [-0.2, -0.15) is 20.4 Å². The Hall–Kier alpha value is -3.30. The molecule has 1 N–H and O–H groups in total. The van der Waals surface area contributed by atoms with Crippen LogP contribution < -0.4 is 0 Å². The van der Waals surface area contributed by atoms with Crippen molar-refractivity contribution in [3.8, 4) is 33.4 Å². The zero-order valence-corrected chi connectivity index (χ0v) is 42.9. The van der Waals surface area contributed by atoms with Crippen molar-refractivity contribution in [1.82, 2.24) is 39.5 Å². The minimum atomic E-state index is -1.04. The lowest BCUT2D eigenvalue weighted by molar-refractivity contribution is 0.0786. The number of aromatic nitrogens is 8. The lowest BCUT2D eigenvalue weighted by Crippen LogP contribution is -2.22. The van der Waals surface area contributed by atoms with Crippen LogP contribution in [0.2, 0.25) is 65.9 Å². The highest BCUT2D eigenvalue weighted by Crippen LogP contribution is 2.31. The molecule has 0 spiro atoms. The number of nitrogens with zero attached hydrogens (tertiary/aromatic N) is 7. The number of nitrogens with one attached hydrogen (secondary N) is 1. The van der Waals surface area contributed by atoms with Crippen molar-refractivity contribution < 1.29 is 4.74 Å². The van der Waals surface area contributed by atoms with Crippen molar-refractivity contribution >= 4 is 117 Å². The second-order valence-corrected chi connectivity index (χ2v) is 24.8. The third kappa shape index (κ3) is 16.6. The van der Waals surface area contributed by atoms with Crippen LogP contribution in [0.5, 0.6) is 0 Å². The summed E-state index contributed by atoms with van der Waals surface area (Å²) in [6.45, 7) is 8.93. The predicted octanol–water partition coefficient (Wildman–Crippen LogP) is 15.9. The van der Waals surface area contributed by atoms with E-state index in [1.165, 1.54) is 0 Å². The molecule has 0 saturated heterocycles. The molecule has 0 aliphatic carbocycles. The van der Waals surface area contributed by atoms with Crippen LogP contribution in [-0.4, -0.2) is 54.2 Å². The Labute approximate surface area is 416 Å². The van der Waals surface area contributed by atoms with Crippen LogP contribution in [0.4, 0.5) is 0 Å². The number of benzene rings is 4. The molecule has 8 rings (SSSR count). The number of H-pyrrole nitrogens is 1. The molecule has 0 aliphatic rings. The van der Waals surface area contributed by atoms with Gasteiger partial charge in [-0.1, -0.05) is 147 Å². The Morgan fingerprint density at radius 2 is 1.08 bits per heavy atom. The molecule has 0 unspecified atom stereocenters. The maximum atomic E-state index is 6.04. The number of hydrogen-bond acceptors (Lipinski definition) is 5. The molecule has 4 aromatic carbocycles. The molecule has 4 heterocycles. The fourth-order valence-electron chi connectivity index (χ4n) is 5.34. The summed E-state index contributed by atoms with van der Waals surface area (Å²) in [5.41, 5.74) is 6.96. The van der Waals surface area contributed by atoms with Crippen molar-refractivity contribution in [3.05, 3.63) is 173 Å². The van der Waals surface area contributed by atoms with Crippen molar-refractivity contribution in [3.63, 3.8) is 0 Å². The number of halogens is 9. The number of hydrogen-bond donors (Lipinski definition) is 1. The molecule has 0 radical (unpaired) electrons. The molecule has 0 aliphatic heterocycles.